The number of rotatable bonds is 3. The Labute approximate surface area is 114 Å². The molecule has 2 rings (SSSR count). The highest BCUT2D eigenvalue weighted by Gasteiger charge is 2.37. The highest BCUT2D eigenvalue weighted by Crippen LogP contribution is 2.33. The molecule has 1 unspecified atom stereocenters. The van der Waals surface area contributed by atoms with Crippen LogP contribution in [0.5, 0.6) is 0 Å². The molecule has 1 aromatic rings. The van der Waals surface area contributed by atoms with E-state index in [1.165, 1.54) is 0 Å². The molecule has 1 aromatic carbocycles. The van der Waals surface area contributed by atoms with Crippen molar-refractivity contribution in [1.82, 2.24) is 5.32 Å². The van der Waals surface area contributed by atoms with Gasteiger partial charge in [-0.1, -0.05) is 6.92 Å². The van der Waals surface area contributed by atoms with E-state index in [1.807, 2.05) is 6.92 Å². The lowest BCUT2D eigenvalue weighted by molar-refractivity contribution is -0.137. The third kappa shape index (κ3) is 3.11. The molecule has 0 aromatic heterocycles. The van der Waals surface area contributed by atoms with Crippen LogP contribution in [0.2, 0.25) is 0 Å². The molecule has 1 aliphatic heterocycles. The molecular weight excluding hydrogens is 274 g/mol. The van der Waals surface area contributed by atoms with Gasteiger partial charge in [0.1, 0.15) is 5.82 Å². The van der Waals surface area contributed by atoms with E-state index in [4.69, 9.17) is 0 Å². The Kier molecular flexibility index (Phi) is 3.75. The smallest absolute Gasteiger partial charge is 0.350 e. The molecule has 2 nitrogen and oxygen atoms in total. The van der Waals surface area contributed by atoms with Gasteiger partial charge in [-0.3, -0.25) is 4.79 Å². The summed E-state index contributed by atoms with van der Waals surface area (Å²) in [5.41, 5.74) is -1.31. The first-order chi connectivity index (χ1) is 9.24. The largest absolute Gasteiger partial charge is 0.416 e. The van der Waals surface area contributed by atoms with Crippen molar-refractivity contribution in [3.05, 3.63) is 35.1 Å². The number of hydrogen-bond donors (Lipinski definition) is 1. The molecule has 0 spiro atoms. The second-order valence-corrected chi connectivity index (χ2v) is 5.20. The predicted molar refractivity (Wildman–Crippen MR) is 65.5 cm³/mol. The molecule has 1 saturated heterocycles. The summed E-state index contributed by atoms with van der Waals surface area (Å²) in [5, 5.41) is 2.80. The molecule has 0 bridgehead atoms. The molecule has 110 valence electrons. The monoisotopic (exact) mass is 289 g/mol. The quantitative estimate of drug-likeness (QED) is 0.848. The van der Waals surface area contributed by atoms with Crippen LogP contribution in [0, 0.1) is 5.82 Å². The Morgan fingerprint density at radius 1 is 1.30 bits per heavy atom. The zero-order valence-corrected chi connectivity index (χ0v) is 11.0. The molecule has 0 aliphatic carbocycles. The molecular formula is C14H15F4NO. The molecule has 1 fully saturated rings. The standard InChI is InChI=1S/C14H15F4NO/c1-2-13(4-3-12(20)19-13)8-9-5-10(14(16,17)18)7-11(15)6-9/h5-7H,2-4,8H2,1H3,(H,19,20). The Morgan fingerprint density at radius 3 is 2.50 bits per heavy atom. The highest BCUT2D eigenvalue weighted by atomic mass is 19.4. The lowest BCUT2D eigenvalue weighted by atomic mass is 9.86. The summed E-state index contributed by atoms with van der Waals surface area (Å²) in [4.78, 5) is 11.3. The van der Waals surface area contributed by atoms with E-state index in [0.29, 0.717) is 25.3 Å². The predicted octanol–water partition coefficient (Wildman–Crippen LogP) is 3.45. The third-order valence-corrected chi connectivity index (χ3v) is 3.74. The molecule has 1 atom stereocenters. The van der Waals surface area contributed by atoms with Crippen LogP contribution in [-0.2, 0) is 17.4 Å². The van der Waals surface area contributed by atoms with E-state index in [2.05, 4.69) is 5.32 Å². The van der Waals surface area contributed by atoms with Crippen molar-refractivity contribution >= 4 is 5.91 Å². The fourth-order valence-corrected chi connectivity index (χ4v) is 2.60. The van der Waals surface area contributed by atoms with Gasteiger partial charge in [-0.05, 0) is 43.0 Å². The molecule has 0 radical (unpaired) electrons. The maximum Gasteiger partial charge on any atom is 0.416 e. The van der Waals surface area contributed by atoms with Crippen LogP contribution < -0.4 is 5.32 Å². The normalized spacial score (nSPS) is 22.9. The van der Waals surface area contributed by atoms with Gasteiger partial charge in [0.15, 0.2) is 0 Å². The molecule has 1 heterocycles. The minimum Gasteiger partial charge on any atom is -0.350 e. The van der Waals surface area contributed by atoms with Gasteiger partial charge in [-0.15, -0.1) is 0 Å². The number of carbonyl (C=O) groups excluding carboxylic acids is 1. The van der Waals surface area contributed by atoms with Crippen molar-refractivity contribution in [2.24, 2.45) is 0 Å². The molecule has 1 N–H and O–H groups in total. The van der Waals surface area contributed by atoms with Crippen molar-refractivity contribution in [2.45, 2.75) is 44.3 Å². The minimum atomic E-state index is -4.57. The van der Waals surface area contributed by atoms with Crippen molar-refractivity contribution in [2.75, 3.05) is 0 Å². The van der Waals surface area contributed by atoms with Gasteiger partial charge in [0, 0.05) is 12.0 Å². The van der Waals surface area contributed by atoms with Crippen LogP contribution in [0.1, 0.15) is 37.3 Å². The van der Waals surface area contributed by atoms with Gasteiger partial charge in [-0.25, -0.2) is 4.39 Å². The van der Waals surface area contributed by atoms with Gasteiger partial charge in [0.2, 0.25) is 5.91 Å². The topological polar surface area (TPSA) is 29.1 Å². The number of nitrogens with one attached hydrogen (secondary N) is 1. The van der Waals surface area contributed by atoms with Crippen molar-refractivity contribution in [1.29, 1.82) is 0 Å². The summed E-state index contributed by atoms with van der Waals surface area (Å²) < 4.78 is 51.3. The highest BCUT2D eigenvalue weighted by molar-refractivity contribution is 5.79. The number of amides is 1. The average molecular weight is 289 g/mol. The van der Waals surface area contributed by atoms with E-state index in [9.17, 15) is 22.4 Å². The SMILES string of the molecule is CCC1(Cc2cc(F)cc(C(F)(F)F)c2)CCC(=O)N1. The molecule has 0 saturated carbocycles. The average Bonchev–Trinajstić information content (AvgIpc) is 2.69. The van der Waals surface area contributed by atoms with Gasteiger partial charge in [0.25, 0.3) is 0 Å². The fourth-order valence-electron chi connectivity index (χ4n) is 2.60. The summed E-state index contributed by atoms with van der Waals surface area (Å²) in [7, 11) is 0. The zero-order chi connectivity index (χ0) is 15.0. The summed E-state index contributed by atoms with van der Waals surface area (Å²) in [6.07, 6.45) is -2.86. The van der Waals surface area contributed by atoms with E-state index in [-0.39, 0.29) is 17.9 Å². The van der Waals surface area contributed by atoms with E-state index in [1.54, 1.807) is 0 Å². The maximum atomic E-state index is 13.4. The van der Waals surface area contributed by atoms with Crippen LogP contribution in [0.3, 0.4) is 0 Å². The van der Waals surface area contributed by atoms with Crippen LogP contribution in [-0.4, -0.2) is 11.4 Å². The summed E-state index contributed by atoms with van der Waals surface area (Å²) in [5.74, 6) is -1.02. The first-order valence-corrected chi connectivity index (χ1v) is 6.42. The fraction of sp³-hybridized carbons (Fsp3) is 0.500. The van der Waals surface area contributed by atoms with E-state index < -0.39 is 23.1 Å². The maximum absolute atomic E-state index is 13.4. The van der Waals surface area contributed by atoms with Gasteiger partial charge >= 0.3 is 6.18 Å². The molecule has 1 aliphatic rings. The van der Waals surface area contributed by atoms with Crippen molar-refractivity contribution in [3.63, 3.8) is 0 Å². The van der Waals surface area contributed by atoms with Gasteiger partial charge in [-0.2, -0.15) is 13.2 Å². The summed E-state index contributed by atoms with van der Waals surface area (Å²) in [6.45, 7) is 1.86. The number of benzene rings is 1. The Hall–Kier alpha value is -1.59. The Balaban J connectivity index is 2.29. The second-order valence-electron chi connectivity index (χ2n) is 5.20. The Morgan fingerprint density at radius 2 is 2.00 bits per heavy atom. The van der Waals surface area contributed by atoms with E-state index in [0.717, 1.165) is 12.1 Å². The lowest BCUT2D eigenvalue weighted by Gasteiger charge is -2.28. The van der Waals surface area contributed by atoms with E-state index >= 15 is 0 Å². The van der Waals surface area contributed by atoms with Crippen LogP contribution in [0.25, 0.3) is 0 Å². The van der Waals surface area contributed by atoms with Crippen LogP contribution >= 0.6 is 0 Å². The first kappa shape index (κ1) is 14.8. The number of halogens is 4. The minimum absolute atomic E-state index is 0.112. The van der Waals surface area contributed by atoms with Crippen LogP contribution in [0.4, 0.5) is 17.6 Å². The number of alkyl halides is 3. The number of hydrogen-bond acceptors (Lipinski definition) is 1. The van der Waals surface area contributed by atoms with Gasteiger partial charge < -0.3 is 5.32 Å². The van der Waals surface area contributed by atoms with Crippen molar-refractivity contribution in [3.8, 4) is 0 Å². The summed E-state index contributed by atoms with van der Waals surface area (Å²) in [6, 6.07) is 2.53. The third-order valence-electron chi connectivity index (χ3n) is 3.74. The number of carbonyl (C=O) groups is 1. The summed E-state index contributed by atoms with van der Waals surface area (Å²) >= 11 is 0. The lowest BCUT2D eigenvalue weighted by Crippen LogP contribution is -2.43. The molecule has 6 heteroatoms. The first-order valence-electron chi connectivity index (χ1n) is 6.42. The second kappa shape index (κ2) is 5.07. The molecule has 1 amide bonds. The Bertz CT molecular complexity index is 526. The molecule has 20 heavy (non-hydrogen) atoms. The van der Waals surface area contributed by atoms with Crippen LogP contribution in [0.15, 0.2) is 18.2 Å². The zero-order valence-electron chi connectivity index (χ0n) is 11.0. The van der Waals surface area contributed by atoms with Gasteiger partial charge in [0.05, 0.1) is 5.56 Å². The van der Waals surface area contributed by atoms with Crippen molar-refractivity contribution < 1.29 is 22.4 Å².